The van der Waals surface area contributed by atoms with Crippen LogP contribution in [0.15, 0.2) is 126 Å². The molecule has 4 nitrogen and oxygen atoms in total. The number of para-hydroxylation sites is 2. The van der Waals surface area contributed by atoms with E-state index in [4.69, 9.17) is 9.98 Å². The number of hydrogen-bond donors (Lipinski definition) is 1. The first-order chi connectivity index (χ1) is 22.3. The van der Waals surface area contributed by atoms with Gasteiger partial charge in [0.2, 0.25) is 0 Å². The molecule has 0 aliphatic heterocycles. The molecule has 0 unspecified atom stereocenters. The van der Waals surface area contributed by atoms with Gasteiger partial charge in [0.15, 0.2) is 0 Å². The molecule has 6 aromatic carbocycles. The SMILES string of the molecule is CC(C)(C)c1ccc(O)c(C=Nc2ccccc2-c2nc3c(-c4ccc(-c5ccc(C#N)cc5)c5ccccc45)cccc3s2)c1. The molecule has 7 rings (SSSR count). The van der Waals surface area contributed by atoms with Crippen molar-refractivity contribution >= 4 is 44.2 Å². The normalized spacial score (nSPS) is 11.8. The molecule has 0 amide bonds. The molecule has 0 bridgehead atoms. The Morgan fingerprint density at radius 1 is 0.739 bits per heavy atom. The van der Waals surface area contributed by atoms with Crippen molar-refractivity contribution in [3.8, 4) is 44.6 Å². The van der Waals surface area contributed by atoms with E-state index in [-0.39, 0.29) is 11.2 Å². The standard InChI is InChI=1S/C41H31N3OS/c1-41(2,3)29-19-22-37(45)28(23-29)25-43-36-13-7-6-11-35(36)40-44-39-34(12-8-14-38(39)46-40)33-21-20-30(31-9-4-5-10-32(31)33)27-17-15-26(24-42)16-18-27/h4-23,25,45H,1-3H3. The summed E-state index contributed by atoms with van der Waals surface area (Å²) in [6, 6.07) is 42.8. The highest BCUT2D eigenvalue weighted by atomic mass is 32.1. The van der Waals surface area contributed by atoms with Gasteiger partial charge >= 0.3 is 0 Å². The van der Waals surface area contributed by atoms with Gasteiger partial charge in [0.25, 0.3) is 0 Å². The summed E-state index contributed by atoms with van der Waals surface area (Å²) in [6.45, 7) is 6.47. The Hall–Kier alpha value is -5.57. The summed E-state index contributed by atoms with van der Waals surface area (Å²) in [5.41, 5.74) is 9.52. The fourth-order valence-electron chi connectivity index (χ4n) is 5.82. The van der Waals surface area contributed by atoms with Crippen molar-refractivity contribution in [3.05, 3.63) is 138 Å². The third kappa shape index (κ3) is 5.45. The smallest absolute Gasteiger partial charge is 0.126 e. The van der Waals surface area contributed by atoms with Crippen LogP contribution in [0, 0.1) is 11.3 Å². The van der Waals surface area contributed by atoms with E-state index in [0.29, 0.717) is 11.1 Å². The highest BCUT2D eigenvalue weighted by Gasteiger charge is 2.17. The molecule has 46 heavy (non-hydrogen) atoms. The van der Waals surface area contributed by atoms with Crippen LogP contribution in [-0.4, -0.2) is 16.3 Å². The van der Waals surface area contributed by atoms with E-state index < -0.39 is 0 Å². The number of benzene rings is 6. The highest BCUT2D eigenvalue weighted by molar-refractivity contribution is 7.21. The molecule has 0 saturated heterocycles. The van der Waals surface area contributed by atoms with Crippen molar-refractivity contribution in [3.63, 3.8) is 0 Å². The second-order valence-electron chi connectivity index (χ2n) is 12.4. The van der Waals surface area contributed by atoms with E-state index in [1.807, 2.05) is 54.6 Å². The van der Waals surface area contributed by atoms with Gasteiger partial charge in [0.05, 0.1) is 27.5 Å². The number of hydrogen-bond acceptors (Lipinski definition) is 5. The Morgan fingerprint density at radius 2 is 1.43 bits per heavy atom. The molecule has 7 aromatic rings. The van der Waals surface area contributed by atoms with Gasteiger partial charge in [0.1, 0.15) is 10.8 Å². The monoisotopic (exact) mass is 613 g/mol. The molecular formula is C41H31N3OS. The molecule has 1 N–H and O–H groups in total. The predicted molar refractivity (Wildman–Crippen MR) is 192 cm³/mol. The van der Waals surface area contributed by atoms with Crippen molar-refractivity contribution in [2.24, 2.45) is 4.99 Å². The molecule has 0 radical (unpaired) electrons. The maximum atomic E-state index is 10.6. The summed E-state index contributed by atoms with van der Waals surface area (Å²) >= 11 is 1.65. The molecule has 222 valence electrons. The summed E-state index contributed by atoms with van der Waals surface area (Å²) < 4.78 is 1.10. The van der Waals surface area contributed by atoms with Crippen molar-refractivity contribution in [2.75, 3.05) is 0 Å². The average molecular weight is 614 g/mol. The van der Waals surface area contributed by atoms with Crippen LogP contribution in [0.3, 0.4) is 0 Å². The van der Waals surface area contributed by atoms with Crippen LogP contribution in [-0.2, 0) is 5.41 Å². The van der Waals surface area contributed by atoms with Crippen molar-refractivity contribution in [2.45, 2.75) is 26.2 Å². The molecule has 0 spiro atoms. The Kier molecular flexibility index (Phi) is 7.44. The fraction of sp³-hybridized carbons (Fsp3) is 0.0976. The Bertz CT molecular complexity index is 2320. The maximum Gasteiger partial charge on any atom is 0.126 e. The van der Waals surface area contributed by atoms with Crippen molar-refractivity contribution < 1.29 is 5.11 Å². The summed E-state index contributed by atoms with van der Waals surface area (Å²) in [5, 5.41) is 23.0. The number of fused-ring (bicyclic) bond motifs is 2. The van der Waals surface area contributed by atoms with Gasteiger partial charge in [0, 0.05) is 22.9 Å². The first-order valence-corrected chi connectivity index (χ1v) is 16.0. The lowest BCUT2D eigenvalue weighted by Gasteiger charge is -2.19. The van der Waals surface area contributed by atoms with E-state index in [2.05, 4.69) is 87.5 Å². The van der Waals surface area contributed by atoms with E-state index in [1.165, 1.54) is 0 Å². The van der Waals surface area contributed by atoms with Gasteiger partial charge in [-0.15, -0.1) is 11.3 Å². The fourth-order valence-corrected chi connectivity index (χ4v) is 6.85. The largest absolute Gasteiger partial charge is 0.507 e. The molecule has 0 fully saturated rings. The lowest BCUT2D eigenvalue weighted by molar-refractivity contribution is 0.473. The third-order valence-electron chi connectivity index (χ3n) is 8.33. The number of nitrogens with zero attached hydrogens (tertiary/aromatic N) is 3. The van der Waals surface area contributed by atoms with Crippen molar-refractivity contribution in [1.82, 2.24) is 4.98 Å². The van der Waals surface area contributed by atoms with Crippen LogP contribution in [0.2, 0.25) is 0 Å². The average Bonchev–Trinajstić information content (AvgIpc) is 3.52. The second kappa shape index (κ2) is 11.7. The third-order valence-corrected chi connectivity index (χ3v) is 9.38. The van der Waals surface area contributed by atoms with Gasteiger partial charge in [-0.25, -0.2) is 4.98 Å². The lowest BCUT2D eigenvalue weighted by atomic mass is 9.86. The van der Waals surface area contributed by atoms with E-state index >= 15 is 0 Å². The van der Waals surface area contributed by atoms with Gasteiger partial charge < -0.3 is 5.11 Å². The van der Waals surface area contributed by atoms with Crippen LogP contribution >= 0.6 is 11.3 Å². The quantitative estimate of drug-likeness (QED) is 0.196. The minimum Gasteiger partial charge on any atom is -0.507 e. The Balaban J connectivity index is 1.31. The van der Waals surface area contributed by atoms with E-state index in [1.54, 1.807) is 23.6 Å². The van der Waals surface area contributed by atoms with Gasteiger partial charge in [-0.3, -0.25) is 4.99 Å². The molecular weight excluding hydrogens is 583 g/mol. The molecule has 0 saturated carbocycles. The van der Waals surface area contributed by atoms with Crippen molar-refractivity contribution in [1.29, 1.82) is 5.26 Å². The van der Waals surface area contributed by atoms with Crippen LogP contribution in [0.25, 0.3) is 53.8 Å². The van der Waals surface area contributed by atoms with E-state index in [9.17, 15) is 10.4 Å². The van der Waals surface area contributed by atoms with E-state index in [0.717, 1.165) is 65.1 Å². The first-order valence-electron chi connectivity index (χ1n) is 15.2. The minimum absolute atomic E-state index is 0.0395. The number of nitriles is 1. The van der Waals surface area contributed by atoms with Gasteiger partial charge in [-0.05, 0) is 80.9 Å². The highest BCUT2D eigenvalue weighted by Crippen LogP contribution is 2.42. The molecule has 5 heteroatoms. The zero-order chi connectivity index (χ0) is 31.8. The molecule has 1 heterocycles. The van der Waals surface area contributed by atoms with Gasteiger partial charge in [-0.2, -0.15) is 5.26 Å². The van der Waals surface area contributed by atoms with Crippen LogP contribution in [0.4, 0.5) is 5.69 Å². The zero-order valence-electron chi connectivity index (χ0n) is 25.8. The number of phenols is 1. The first kappa shape index (κ1) is 29.2. The van der Waals surface area contributed by atoms with Crippen LogP contribution in [0.5, 0.6) is 5.75 Å². The maximum absolute atomic E-state index is 10.6. The Labute approximate surface area is 272 Å². The van der Waals surface area contributed by atoms with Crippen LogP contribution < -0.4 is 0 Å². The number of thiazole rings is 1. The molecule has 0 aliphatic carbocycles. The number of rotatable bonds is 5. The van der Waals surface area contributed by atoms with Crippen LogP contribution in [0.1, 0.15) is 37.5 Å². The Morgan fingerprint density at radius 3 is 2.20 bits per heavy atom. The number of aromatic hydroxyl groups is 1. The number of aliphatic imine (C=N–C) groups is 1. The summed E-state index contributed by atoms with van der Waals surface area (Å²) in [5.74, 6) is 0.205. The summed E-state index contributed by atoms with van der Waals surface area (Å²) in [6.07, 6.45) is 1.74. The second-order valence-corrected chi connectivity index (χ2v) is 13.4. The predicted octanol–water partition coefficient (Wildman–Crippen LogP) is 11.1. The zero-order valence-corrected chi connectivity index (χ0v) is 26.6. The molecule has 0 aliphatic rings. The number of phenolic OH excluding ortho intramolecular Hbond substituents is 1. The summed E-state index contributed by atoms with van der Waals surface area (Å²) in [4.78, 5) is 10.1. The van der Waals surface area contributed by atoms with Gasteiger partial charge in [-0.1, -0.05) is 99.6 Å². The summed E-state index contributed by atoms with van der Waals surface area (Å²) in [7, 11) is 0. The molecule has 1 aromatic heterocycles. The lowest BCUT2D eigenvalue weighted by Crippen LogP contribution is -2.11. The molecule has 0 atom stereocenters. The topological polar surface area (TPSA) is 69.3 Å². The minimum atomic E-state index is -0.0395. The number of aromatic nitrogens is 1.